The zero-order chi connectivity index (χ0) is 13.8. The van der Waals surface area contributed by atoms with Crippen molar-refractivity contribution in [1.82, 2.24) is 10.1 Å². The van der Waals surface area contributed by atoms with Crippen molar-refractivity contribution < 1.29 is 14.4 Å². The van der Waals surface area contributed by atoms with Gasteiger partial charge in [0.25, 0.3) is 0 Å². The van der Waals surface area contributed by atoms with Gasteiger partial charge in [-0.05, 0) is 31.4 Å². The fourth-order valence-electron chi connectivity index (χ4n) is 1.67. The summed E-state index contributed by atoms with van der Waals surface area (Å²) < 4.78 is 5.22. The van der Waals surface area contributed by atoms with Crippen molar-refractivity contribution >= 4 is 11.5 Å². The highest BCUT2D eigenvalue weighted by molar-refractivity contribution is 5.89. The molecule has 1 aromatic rings. The van der Waals surface area contributed by atoms with E-state index in [1.807, 2.05) is 6.92 Å². The van der Waals surface area contributed by atoms with Gasteiger partial charge in [0.2, 0.25) is 5.89 Å². The van der Waals surface area contributed by atoms with Gasteiger partial charge in [0.1, 0.15) is 0 Å². The number of aliphatic carboxylic acids is 1. The molecule has 1 aliphatic carbocycles. The van der Waals surface area contributed by atoms with Crippen molar-refractivity contribution in [3.63, 3.8) is 0 Å². The molecule has 0 bridgehead atoms. The predicted octanol–water partition coefficient (Wildman–Crippen LogP) is 2.94. The average Bonchev–Trinajstić information content (AvgIpc) is 2.75. The van der Waals surface area contributed by atoms with Gasteiger partial charge in [-0.3, -0.25) is 0 Å². The molecule has 1 saturated carbocycles. The molecule has 1 fully saturated rings. The van der Waals surface area contributed by atoms with E-state index in [1.165, 1.54) is 12.5 Å². The third-order valence-corrected chi connectivity index (χ3v) is 3.17. The number of carboxylic acid groups (broad SMARTS) is 1. The van der Waals surface area contributed by atoms with Crippen molar-refractivity contribution in [2.24, 2.45) is 0 Å². The lowest BCUT2D eigenvalue weighted by molar-refractivity contribution is -0.132. The standard InChI is InChI=1S/C14H16N2O3/c1-9(5-3-6-10(2)14(17)18)12-15-13(19-16-12)11-7-4-8-11/h3,5-6,11H,2,4,7-8H2,1H3,(H,17,18)/b6-3-,9-5+. The first-order chi connectivity index (χ1) is 9.08. The van der Waals surface area contributed by atoms with Crippen LogP contribution in [0.4, 0.5) is 0 Å². The van der Waals surface area contributed by atoms with Crippen LogP contribution in [0.5, 0.6) is 0 Å². The number of hydrogen-bond acceptors (Lipinski definition) is 4. The number of allylic oxidation sites excluding steroid dienone is 3. The van der Waals surface area contributed by atoms with Crippen LogP contribution < -0.4 is 0 Å². The minimum absolute atomic E-state index is 0.0346. The lowest BCUT2D eigenvalue weighted by Gasteiger charge is -2.20. The van der Waals surface area contributed by atoms with Crippen molar-refractivity contribution in [2.45, 2.75) is 32.1 Å². The summed E-state index contributed by atoms with van der Waals surface area (Å²) in [5.74, 6) is 0.630. The molecule has 1 aliphatic rings. The lowest BCUT2D eigenvalue weighted by atomic mass is 9.85. The second-order valence-corrected chi connectivity index (χ2v) is 4.62. The Bertz CT molecular complexity index is 551. The molecule has 0 unspecified atom stereocenters. The number of carbonyl (C=O) groups is 1. The second kappa shape index (κ2) is 5.65. The molecule has 5 heteroatoms. The minimum atomic E-state index is -1.03. The lowest BCUT2D eigenvalue weighted by Crippen LogP contribution is -2.08. The molecular formula is C14H16N2O3. The third kappa shape index (κ3) is 3.19. The average molecular weight is 260 g/mol. The molecule has 0 spiro atoms. The van der Waals surface area contributed by atoms with E-state index in [4.69, 9.17) is 9.63 Å². The van der Waals surface area contributed by atoms with E-state index >= 15 is 0 Å². The second-order valence-electron chi connectivity index (χ2n) is 4.62. The molecule has 1 aromatic heterocycles. The molecular weight excluding hydrogens is 244 g/mol. The summed E-state index contributed by atoms with van der Waals surface area (Å²) in [6.45, 7) is 5.25. The topological polar surface area (TPSA) is 76.2 Å². The smallest absolute Gasteiger partial charge is 0.335 e. The van der Waals surface area contributed by atoms with Crippen molar-refractivity contribution in [2.75, 3.05) is 0 Å². The summed E-state index contributed by atoms with van der Waals surface area (Å²) in [6.07, 6.45) is 8.23. The number of hydrogen-bond donors (Lipinski definition) is 1. The Balaban J connectivity index is 2.02. The van der Waals surface area contributed by atoms with Crippen molar-refractivity contribution in [3.05, 3.63) is 42.1 Å². The predicted molar refractivity (Wildman–Crippen MR) is 70.5 cm³/mol. The van der Waals surface area contributed by atoms with Gasteiger partial charge < -0.3 is 9.63 Å². The van der Waals surface area contributed by atoms with E-state index in [2.05, 4.69) is 16.7 Å². The fourth-order valence-corrected chi connectivity index (χ4v) is 1.67. The molecule has 5 nitrogen and oxygen atoms in total. The van der Waals surface area contributed by atoms with E-state index < -0.39 is 5.97 Å². The molecule has 19 heavy (non-hydrogen) atoms. The van der Waals surface area contributed by atoms with E-state index in [-0.39, 0.29) is 5.57 Å². The first-order valence-corrected chi connectivity index (χ1v) is 6.19. The molecule has 1 heterocycles. The van der Waals surface area contributed by atoms with Crippen LogP contribution in [0, 0.1) is 0 Å². The summed E-state index contributed by atoms with van der Waals surface area (Å²) in [5.41, 5.74) is 0.857. The Morgan fingerprint density at radius 3 is 2.84 bits per heavy atom. The molecule has 0 aromatic carbocycles. The van der Waals surface area contributed by atoms with Crippen molar-refractivity contribution in [1.29, 1.82) is 0 Å². The summed E-state index contributed by atoms with van der Waals surface area (Å²) in [4.78, 5) is 14.9. The molecule has 0 atom stereocenters. The summed E-state index contributed by atoms with van der Waals surface area (Å²) >= 11 is 0. The Labute approximate surface area is 111 Å². The zero-order valence-electron chi connectivity index (χ0n) is 10.8. The minimum Gasteiger partial charge on any atom is -0.478 e. The van der Waals surface area contributed by atoms with Crippen LogP contribution in [-0.2, 0) is 4.79 Å². The van der Waals surface area contributed by atoms with Crippen LogP contribution in [0.2, 0.25) is 0 Å². The van der Waals surface area contributed by atoms with Crippen LogP contribution >= 0.6 is 0 Å². The number of nitrogens with zero attached hydrogens (tertiary/aromatic N) is 2. The molecule has 0 saturated heterocycles. The normalized spacial score (nSPS) is 16.6. The van der Waals surface area contributed by atoms with Gasteiger partial charge in [0.15, 0.2) is 5.82 Å². The first-order valence-electron chi connectivity index (χ1n) is 6.19. The Morgan fingerprint density at radius 1 is 1.53 bits per heavy atom. The number of aromatic nitrogens is 2. The van der Waals surface area contributed by atoms with E-state index in [9.17, 15) is 4.79 Å². The van der Waals surface area contributed by atoms with Gasteiger partial charge >= 0.3 is 5.97 Å². The third-order valence-electron chi connectivity index (χ3n) is 3.17. The molecule has 0 amide bonds. The van der Waals surface area contributed by atoms with Crippen LogP contribution in [-0.4, -0.2) is 21.2 Å². The van der Waals surface area contributed by atoms with Crippen LogP contribution in [0.25, 0.3) is 5.57 Å². The largest absolute Gasteiger partial charge is 0.478 e. The van der Waals surface area contributed by atoms with Gasteiger partial charge in [-0.1, -0.05) is 30.3 Å². The SMILES string of the molecule is C=C(/C=C\C=C(/C)c1noc(C2CCC2)n1)C(=O)O. The maximum absolute atomic E-state index is 10.6. The summed E-state index contributed by atoms with van der Waals surface area (Å²) in [6, 6.07) is 0. The van der Waals surface area contributed by atoms with Crippen LogP contribution in [0.1, 0.15) is 43.8 Å². The van der Waals surface area contributed by atoms with E-state index in [0.717, 1.165) is 18.4 Å². The monoisotopic (exact) mass is 260 g/mol. The molecule has 100 valence electrons. The quantitative estimate of drug-likeness (QED) is 0.650. The zero-order valence-corrected chi connectivity index (χ0v) is 10.8. The molecule has 2 rings (SSSR count). The highest BCUT2D eigenvalue weighted by atomic mass is 16.5. The highest BCUT2D eigenvalue weighted by Crippen LogP contribution is 2.35. The van der Waals surface area contributed by atoms with Crippen LogP contribution in [0.15, 0.2) is 34.9 Å². The molecule has 1 N–H and O–H groups in total. The van der Waals surface area contributed by atoms with E-state index in [0.29, 0.717) is 17.6 Å². The summed E-state index contributed by atoms with van der Waals surface area (Å²) in [5, 5.41) is 12.6. The first kappa shape index (κ1) is 13.3. The molecule has 0 aliphatic heterocycles. The van der Waals surface area contributed by atoms with E-state index in [1.54, 1.807) is 12.2 Å². The maximum Gasteiger partial charge on any atom is 0.335 e. The Kier molecular flexibility index (Phi) is 3.94. The number of carboxylic acids is 1. The van der Waals surface area contributed by atoms with Gasteiger partial charge in [-0.2, -0.15) is 4.98 Å². The van der Waals surface area contributed by atoms with Crippen LogP contribution in [0.3, 0.4) is 0 Å². The van der Waals surface area contributed by atoms with Gasteiger partial charge in [0, 0.05) is 5.92 Å². The van der Waals surface area contributed by atoms with Gasteiger partial charge in [-0.25, -0.2) is 4.79 Å². The van der Waals surface area contributed by atoms with Gasteiger partial charge in [0.05, 0.1) is 5.57 Å². The molecule has 0 radical (unpaired) electrons. The highest BCUT2D eigenvalue weighted by Gasteiger charge is 2.25. The Morgan fingerprint density at radius 2 is 2.26 bits per heavy atom. The fraction of sp³-hybridized carbons (Fsp3) is 0.357. The number of rotatable bonds is 5. The van der Waals surface area contributed by atoms with Gasteiger partial charge in [-0.15, -0.1) is 0 Å². The summed E-state index contributed by atoms with van der Waals surface area (Å²) in [7, 11) is 0. The van der Waals surface area contributed by atoms with Crippen molar-refractivity contribution in [3.8, 4) is 0 Å². The Hall–Kier alpha value is -2.17. The maximum atomic E-state index is 10.6.